The van der Waals surface area contributed by atoms with Crippen LogP contribution >= 0.6 is 35.0 Å². The van der Waals surface area contributed by atoms with Gasteiger partial charge in [-0.3, -0.25) is 9.78 Å². The average molecular weight is 518 g/mol. The molecule has 4 rings (SSSR count). The largest absolute Gasteiger partial charge is 0.414 e. The van der Waals surface area contributed by atoms with E-state index in [1.807, 2.05) is 12.1 Å². The van der Waals surface area contributed by atoms with Crippen molar-refractivity contribution < 1.29 is 18.0 Å². The first kappa shape index (κ1) is 24.5. The lowest BCUT2D eigenvalue weighted by Gasteiger charge is -2.33. The summed E-state index contributed by atoms with van der Waals surface area (Å²) in [5, 5.41) is 4.33. The minimum Gasteiger partial charge on any atom is -0.380 e. The summed E-state index contributed by atoms with van der Waals surface area (Å²) in [6, 6.07) is 4.63. The van der Waals surface area contributed by atoms with Gasteiger partial charge in [0.05, 0.1) is 27.6 Å². The van der Waals surface area contributed by atoms with Gasteiger partial charge < -0.3 is 10.2 Å². The molecule has 2 aromatic rings. The van der Waals surface area contributed by atoms with Crippen molar-refractivity contribution in [2.75, 3.05) is 23.9 Å². The van der Waals surface area contributed by atoms with Crippen molar-refractivity contribution in [2.45, 2.75) is 43.9 Å². The standard InChI is InChI=1S/C23H24Cl2F3N3OS/c1-31(22(32)13-4-6-33-7-5-13)21(23(26,27)28)20-3-2-16(12-29-20)30-17-8-14-10-18(24)19(25)11-15(14)9-17/h2-3,10-13,17,21,30H,4-9H2,1H3. The van der Waals surface area contributed by atoms with Crippen LogP contribution in [0.1, 0.15) is 35.7 Å². The van der Waals surface area contributed by atoms with E-state index >= 15 is 0 Å². The molecule has 1 aliphatic heterocycles. The zero-order valence-corrected chi connectivity index (χ0v) is 20.3. The number of halogens is 5. The number of carbonyl (C=O) groups excluding carboxylic acids is 1. The molecule has 1 amide bonds. The normalized spacial score (nSPS) is 18.1. The molecule has 0 radical (unpaired) electrons. The van der Waals surface area contributed by atoms with Gasteiger partial charge in [0.15, 0.2) is 6.04 Å². The average Bonchev–Trinajstić information content (AvgIpc) is 3.15. The molecule has 178 valence electrons. The predicted octanol–water partition coefficient (Wildman–Crippen LogP) is 6.17. The Hall–Kier alpha value is -1.64. The maximum atomic E-state index is 14.0. The zero-order chi connectivity index (χ0) is 23.8. The van der Waals surface area contributed by atoms with E-state index in [1.165, 1.54) is 19.3 Å². The van der Waals surface area contributed by atoms with Crippen molar-refractivity contribution in [3.8, 4) is 0 Å². The number of rotatable bonds is 5. The number of benzene rings is 1. The molecule has 1 saturated heterocycles. The number of alkyl halides is 3. The highest BCUT2D eigenvalue weighted by Crippen LogP contribution is 2.38. The summed E-state index contributed by atoms with van der Waals surface area (Å²) < 4.78 is 41.9. The SMILES string of the molecule is CN(C(=O)C1CCSCC1)C(c1ccc(NC2Cc3cc(Cl)c(Cl)cc3C2)cn1)C(F)(F)F. The van der Waals surface area contributed by atoms with E-state index in [-0.39, 0.29) is 17.7 Å². The first-order chi connectivity index (χ1) is 15.6. The Morgan fingerprint density at radius 1 is 1.15 bits per heavy atom. The summed E-state index contributed by atoms with van der Waals surface area (Å²) in [6.45, 7) is 0. The van der Waals surface area contributed by atoms with Crippen LogP contribution in [0.5, 0.6) is 0 Å². The summed E-state index contributed by atoms with van der Waals surface area (Å²) in [5.41, 5.74) is 2.63. The fraction of sp³-hybridized carbons (Fsp3) is 0.478. The van der Waals surface area contributed by atoms with Gasteiger partial charge in [0, 0.05) is 19.0 Å². The molecule has 1 atom stereocenters. The van der Waals surface area contributed by atoms with Gasteiger partial charge in [0.1, 0.15) is 0 Å². The number of pyridine rings is 1. The molecular weight excluding hydrogens is 494 g/mol. The van der Waals surface area contributed by atoms with Crippen molar-refractivity contribution in [1.82, 2.24) is 9.88 Å². The van der Waals surface area contributed by atoms with Crippen LogP contribution in [0.3, 0.4) is 0 Å². The molecule has 10 heteroatoms. The lowest BCUT2D eigenvalue weighted by molar-refractivity contribution is -0.191. The number of hydrogen-bond donors (Lipinski definition) is 1. The zero-order valence-electron chi connectivity index (χ0n) is 18.0. The van der Waals surface area contributed by atoms with Gasteiger partial charge >= 0.3 is 6.18 Å². The summed E-state index contributed by atoms with van der Waals surface area (Å²) in [5.74, 6) is 0.752. The maximum absolute atomic E-state index is 14.0. The highest BCUT2D eigenvalue weighted by Gasteiger charge is 2.47. The van der Waals surface area contributed by atoms with Crippen molar-refractivity contribution in [3.05, 3.63) is 57.3 Å². The molecule has 1 aliphatic carbocycles. The van der Waals surface area contributed by atoms with Crippen LogP contribution in [-0.4, -0.2) is 46.6 Å². The second kappa shape index (κ2) is 9.92. The molecule has 1 unspecified atom stereocenters. The number of anilines is 1. The summed E-state index contributed by atoms with van der Waals surface area (Å²) in [7, 11) is 1.22. The number of amides is 1. The second-order valence-corrected chi connectivity index (χ2v) is 10.6. The van der Waals surface area contributed by atoms with Gasteiger partial charge in [-0.2, -0.15) is 24.9 Å². The highest BCUT2D eigenvalue weighted by molar-refractivity contribution is 7.99. The predicted molar refractivity (Wildman–Crippen MR) is 127 cm³/mol. The van der Waals surface area contributed by atoms with Gasteiger partial charge in [0.25, 0.3) is 0 Å². The fourth-order valence-corrected chi connectivity index (χ4v) is 6.03. The Morgan fingerprint density at radius 2 is 1.76 bits per heavy atom. The lowest BCUT2D eigenvalue weighted by Crippen LogP contribution is -2.43. The number of fused-ring (bicyclic) bond motifs is 1. The minimum atomic E-state index is -4.62. The van der Waals surface area contributed by atoms with Gasteiger partial charge in [-0.15, -0.1) is 0 Å². The Balaban J connectivity index is 1.46. The Bertz CT molecular complexity index is 982. The molecule has 0 spiro atoms. The van der Waals surface area contributed by atoms with Gasteiger partial charge in [-0.05, 0) is 72.6 Å². The van der Waals surface area contributed by atoms with Crippen molar-refractivity contribution in [3.63, 3.8) is 0 Å². The monoisotopic (exact) mass is 517 g/mol. The Morgan fingerprint density at radius 3 is 2.27 bits per heavy atom. The molecule has 2 aliphatic rings. The van der Waals surface area contributed by atoms with Gasteiger partial charge in [-0.1, -0.05) is 23.2 Å². The molecule has 1 aromatic carbocycles. The van der Waals surface area contributed by atoms with Crippen molar-refractivity contribution in [2.24, 2.45) is 5.92 Å². The van der Waals surface area contributed by atoms with Crippen LogP contribution in [0.4, 0.5) is 18.9 Å². The second-order valence-electron chi connectivity index (χ2n) is 8.54. The molecule has 1 aromatic heterocycles. The number of nitrogens with one attached hydrogen (secondary N) is 1. The van der Waals surface area contributed by atoms with Crippen LogP contribution in [0, 0.1) is 5.92 Å². The molecule has 4 nitrogen and oxygen atoms in total. The third kappa shape index (κ3) is 5.54. The lowest BCUT2D eigenvalue weighted by atomic mass is 9.99. The van der Waals surface area contributed by atoms with Crippen LogP contribution in [0.2, 0.25) is 10.0 Å². The number of nitrogens with zero attached hydrogens (tertiary/aromatic N) is 2. The number of hydrogen-bond acceptors (Lipinski definition) is 4. The first-order valence-corrected chi connectivity index (χ1v) is 12.6. The van der Waals surface area contributed by atoms with Crippen LogP contribution in [0.25, 0.3) is 0 Å². The van der Waals surface area contributed by atoms with E-state index in [0.29, 0.717) is 28.6 Å². The molecular formula is C23H24Cl2F3N3OS. The van der Waals surface area contributed by atoms with E-state index in [2.05, 4.69) is 10.3 Å². The van der Waals surface area contributed by atoms with Gasteiger partial charge in [-0.25, -0.2) is 0 Å². The topological polar surface area (TPSA) is 45.2 Å². The third-order valence-corrected chi connectivity index (χ3v) is 8.00. The number of thioether (sulfide) groups is 1. The van der Waals surface area contributed by atoms with E-state index in [1.54, 1.807) is 17.8 Å². The third-order valence-electron chi connectivity index (χ3n) is 6.23. The molecule has 33 heavy (non-hydrogen) atoms. The maximum Gasteiger partial charge on any atom is 0.414 e. The molecule has 2 heterocycles. The summed E-state index contributed by atoms with van der Waals surface area (Å²) in [6.07, 6.45) is -0.552. The minimum absolute atomic E-state index is 0.0639. The quantitative estimate of drug-likeness (QED) is 0.514. The van der Waals surface area contributed by atoms with Crippen LogP contribution in [0.15, 0.2) is 30.5 Å². The molecule has 1 fully saturated rings. The molecule has 0 bridgehead atoms. The molecule has 1 N–H and O–H groups in total. The van der Waals surface area contributed by atoms with E-state index in [9.17, 15) is 18.0 Å². The number of aromatic nitrogens is 1. The molecule has 0 saturated carbocycles. The smallest absolute Gasteiger partial charge is 0.380 e. The Kier molecular flexibility index (Phi) is 7.36. The van der Waals surface area contributed by atoms with Gasteiger partial charge in [0.2, 0.25) is 5.91 Å². The number of carbonyl (C=O) groups is 1. The van der Waals surface area contributed by atoms with Crippen molar-refractivity contribution in [1.29, 1.82) is 0 Å². The first-order valence-electron chi connectivity index (χ1n) is 10.7. The Labute approximate surface area is 205 Å². The van der Waals surface area contributed by atoms with E-state index in [0.717, 1.165) is 40.4 Å². The van der Waals surface area contributed by atoms with E-state index in [4.69, 9.17) is 23.2 Å². The van der Waals surface area contributed by atoms with Crippen molar-refractivity contribution >= 4 is 46.6 Å². The van der Waals surface area contributed by atoms with E-state index < -0.39 is 18.1 Å². The van der Waals surface area contributed by atoms with Crippen LogP contribution < -0.4 is 5.32 Å². The van der Waals surface area contributed by atoms with Crippen LogP contribution in [-0.2, 0) is 17.6 Å². The highest BCUT2D eigenvalue weighted by atomic mass is 35.5. The fourth-order valence-electron chi connectivity index (χ4n) is 4.55. The summed E-state index contributed by atoms with van der Waals surface area (Å²) >= 11 is 13.9. The summed E-state index contributed by atoms with van der Waals surface area (Å²) in [4.78, 5) is 17.7.